The lowest BCUT2D eigenvalue weighted by Gasteiger charge is -2.58. The zero-order chi connectivity index (χ0) is 39.2. The van der Waals surface area contributed by atoms with Crippen molar-refractivity contribution < 1.29 is 19.1 Å². The minimum absolute atomic E-state index is 0.0320. The zero-order valence-corrected chi connectivity index (χ0v) is 35.5. The Morgan fingerprint density at radius 2 is 1.69 bits per heavy atom. The van der Waals surface area contributed by atoms with Crippen molar-refractivity contribution >= 4 is 24.0 Å². The summed E-state index contributed by atoms with van der Waals surface area (Å²) in [5, 5.41) is 5.22. The van der Waals surface area contributed by atoms with E-state index in [2.05, 4.69) is 49.1 Å². The first-order valence-electron chi connectivity index (χ1n) is 20.1. The third kappa shape index (κ3) is 10.3. The SMILES string of the molecule is CC.CCCN(C)C(C)=O.COC(C)(C)C.Cc1c(N2CC[C@@H](CN3CCCC4CN(C)C(=O)C43)CC2(C)C)nn(C2CC3(C2)CN(C=O)C3)c1C. The minimum Gasteiger partial charge on any atom is -0.379 e. The normalized spacial score (nSPS) is 25.0. The third-order valence-electron chi connectivity index (χ3n) is 12.1. The number of ether oxygens (including phenoxy) is 1. The number of methoxy groups -OCH3 is 1. The van der Waals surface area contributed by atoms with Crippen LogP contribution in [0, 0.1) is 31.1 Å². The van der Waals surface area contributed by atoms with Crippen LogP contribution in [0.1, 0.15) is 125 Å². The summed E-state index contributed by atoms with van der Waals surface area (Å²) in [5.74, 6) is 2.78. The van der Waals surface area contributed by atoms with Crippen LogP contribution in [0.5, 0.6) is 0 Å². The van der Waals surface area contributed by atoms with Gasteiger partial charge in [-0.2, -0.15) is 5.10 Å². The van der Waals surface area contributed by atoms with E-state index in [1.165, 1.54) is 24.1 Å². The molecular weight excluding hydrogens is 654 g/mol. The summed E-state index contributed by atoms with van der Waals surface area (Å²) >= 11 is 0. The molecule has 11 heteroatoms. The fourth-order valence-electron chi connectivity index (χ4n) is 8.94. The van der Waals surface area contributed by atoms with Crippen molar-refractivity contribution in [2.75, 3.05) is 71.9 Å². The molecule has 1 aliphatic carbocycles. The summed E-state index contributed by atoms with van der Waals surface area (Å²) in [5.41, 5.74) is 3.02. The van der Waals surface area contributed by atoms with Crippen LogP contribution in [0.15, 0.2) is 0 Å². The zero-order valence-electron chi connectivity index (χ0n) is 35.5. The van der Waals surface area contributed by atoms with Crippen LogP contribution >= 0.6 is 0 Å². The van der Waals surface area contributed by atoms with Crippen LogP contribution in [-0.2, 0) is 19.1 Å². The molecule has 4 aliphatic heterocycles. The Hall–Kier alpha value is -2.66. The number of anilines is 1. The van der Waals surface area contributed by atoms with Crippen LogP contribution in [0.3, 0.4) is 0 Å². The maximum atomic E-state index is 12.9. The Balaban J connectivity index is 0.000000385. The van der Waals surface area contributed by atoms with Gasteiger partial charge in [0.15, 0.2) is 5.82 Å². The van der Waals surface area contributed by atoms with E-state index in [1.54, 1.807) is 18.9 Å². The minimum atomic E-state index is 0.0320. The quantitative estimate of drug-likeness (QED) is 0.310. The lowest BCUT2D eigenvalue weighted by atomic mass is 9.61. The van der Waals surface area contributed by atoms with Gasteiger partial charge in [-0.25, -0.2) is 0 Å². The van der Waals surface area contributed by atoms with Gasteiger partial charge in [-0.3, -0.25) is 24.0 Å². The van der Waals surface area contributed by atoms with Gasteiger partial charge in [0, 0.05) is 95.5 Å². The Bertz CT molecular complexity index is 1320. The summed E-state index contributed by atoms with van der Waals surface area (Å²) < 4.78 is 7.23. The van der Waals surface area contributed by atoms with E-state index in [4.69, 9.17) is 9.84 Å². The predicted octanol–water partition coefficient (Wildman–Crippen LogP) is 6.17. The van der Waals surface area contributed by atoms with E-state index < -0.39 is 0 Å². The van der Waals surface area contributed by atoms with Gasteiger partial charge in [0.2, 0.25) is 18.2 Å². The van der Waals surface area contributed by atoms with Gasteiger partial charge in [-0.15, -0.1) is 0 Å². The number of carbonyl (C=O) groups excluding carboxylic acids is 3. The lowest BCUT2D eigenvalue weighted by molar-refractivity contribution is -0.140. The highest BCUT2D eigenvalue weighted by Gasteiger charge is 2.53. The van der Waals surface area contributed by atoms with Gasteiger partial charge in [-0.1, -0.05) is 20.8 Å². The van der Waals surface area contributed by atoms with E-state index in [-0.39, 0.29) is 23.1 Å². The maximum Gasteiger partial charge on any atom is 0.240 e. The Morgan fingerprint density at radius 1 is 1.08 bits per heavy atom. The van der Waals surface area contributed by atoms with Crippen LogP contribution in [0.2, 0.25) is 0 Å². The highest BCUT2D eigenvalue weighted by molar-refractivity contribution is 5.84. The molecule has 1 aromatic heterocycles. The lowest BCUT2D eigenvalue weighted by Crippen LogP contribution is -2.61. The topological polar surface area (TPSA) is 94.5 Å². The average Bonchev–Trinajstić information content (AvgIpc) is 3.50. The molecule has 0 aromatic carbocycles. The molecule has 1 aromatic rings. The van der Waals surface area contributed by atoms with Crippen LogP contribution in [-0.4, -0.2) is 132 Å². The summed E-state index contributed by atoms with van der Waals surface area (Å²) in [6.07, 6.45) is 8.99. The molecule has 3 amide bonds. The average molecular weight is 730 g/mol. The number of rotatable bonds is 7. The number of amides is 3. The van der Waals surface area contributed by atoms with Crippen molar-refractivity contribution in [3.63, 3.8) is 0 Å². The molecular formula is C41H75N7O4. The Morgan fingerprint density at radius 3 is 2.19 bits per heavy atom. The van der Waals surface area contributed by atoms with Crippen molar-refractivity contribution in [3.8, 4) is 0 Å². The molecule has 1 saturated carbocycles. The first-order valence-corrected chi connectivity index (χ1v) is 20.1. The van der Waals surface area contributed by atoms with Gasteiger partial charge in [0.1, 0.15) is 0 Å². The van der Waals surface area contributed by atoms with Crippen molar-refractivity contribution in [1.82, 2.24) is 29.4 Å². The molecule has 1 spiro atoms. The van der Waals surface area contributed by atoms with Crippen molar-refractivity contribution in [3.05, 3.63) is 11.3 Å². The number of aromatic nitrogens is 2. The third-order valence-corrected chi connectivity index (χ3v) is 12.1. The first-order chi connectivity index (χ1) is 24.3. The van der Waals surface area contributed by atoms with Crippen molar-refractivity contribution in [2.45, 2.75) is 144 Å². The number of fused-ring (bicyclic) bond motifs is 1. The largest absolute Gasteiger partial charge is 0.379 e. The van der Waals surface area contributed by atoms with Gasteiger partial charge >= 0.3 is 0 Å². The summed E-state index contributed by atoms with van der Waals surface area (Å²) in [6.45, 7) is 29.7. The van der Waals surface area contributed by atoms with Crippen molar-refractivity contribution in [2.24, 2.45) is 17.3 Å². The number of hydrogen-bond donors (Lipinski definition) is 0. The molecule has 0 N–H and O–H groups in total. The van der Waals surface area contributed by atoms with Gasteiger partial charge < -0.3 is 24.3 Å². The summed E-state index contributed by atoms with van der Waals surface area (Å²) in [6, 6.07) is 0.576. The molecule has 0 bridgehead atoms. The number of nitrogens with zero attached hydrogens (tertiary/aromatic N) is 7. The molecule has 5 fully saturated rings. The number of hydrogen-bond acceptors (Lipinski definition) is 7. The number of likely N-dealkylation sites (N-methyl/N-ethyl adjacent to an activating group) is 1. The monoisotopic (exact) mass is 730 g/mol. The van der Waals surface area contributed by atoms with Crippen LogP contribution < -0.4 is 4.90 Å². The second kappa shape index (κ2) is 18.1. The molecule has 52 heavy (non-hydrogen) atoms. The molecule has 298 valence electrons. The van der Waals surface area contributed by atoms with Gasteiger partial charge in [0.25, 0.3) is 0 Å². The molecule has 11 nitrogen and oxygen atoms in total. The highest BCUT2D eigenvalue weighted by atomic mass is 16.5. The van der Waals surface area contributed by atoms with E-state index >= 15 is 0 Å². The fourth-order valence-corrected chi connectivity index (χ4v) is 8.94. The second-order valence-corrected chi connectivity index (χ2v) is 17.7. The Kier molecular flexibility index (Phi) is 15.2. The second-order valence-electron chi connectivity index (χ2n) is 17.7. The number of piperidine rings is 2. The molecule has 3 atom stereocenters. The fraction of sp³-hybridized carbons (Fsp3) is 0.854. The molecule has 5 aliphatic rings. The molecule has 4 saturated heterocycles. The molecule has 2 unspecified atom stereocenters. The molecule has 6 rings (SSSR count). The Labute approximate surface area is 316 Å². The van der Waals surface area contributed by atoms with Crippen LogP contribution in [0.25, 0.3) is 0 Å². The van der Waals surface area contributed by atoms with Crippen molar-refractivity contribution in [1.29, 1.82) is 0 Å². The maximum absolute atomic E-state index is 12.9. The molecule has 5 heterocycles. The number of carbonyl (C=O) groups is 3. The number of likely N-dealkylation sites (tertiary alicyclic amines) is 3. The van der Waals surface area contributed by atoms with Gasteiger partial charge in [-0.05, 0) is 106 Å². The standard InChI is InChI=1S/C28H44N6O2.C6H13NO.C5H12O.C2H6/c1-19-20(2)34(23-12-28(13-23)16-31(17-28)18-35)29-25(19)33-10-8-21(11-27(33,3)4)14-32-9-6-7-22-15-30(5)26(36)24(22)32;1-4-5-7(3)6(2)8;1-5(2,3)6-4;1-2/h18,21-24H,6-17H2,1-5H3;4-5H2,1-3H3;1-4H3;1-2H3/t21-,22?,24?;;;/m1.../s1. The van der Waals surface area contributed by atoms with E-state index in [9.17, 15) is 14.4 Å². The van der Waals surface area contributed by atoms with E-state index in [1.807, 2.05) is 58.5 Å². The molecule has 0 radical (unpaired) electrons. The summed E-state index contributed by atoms with van der Waals surface area (Å²) in [7, 11) is 5.49. The van der Waals surface area contributed by atoms with Gasteiger partial charge in [0.05, 0.1) is 17.7 Å². The summed E-state index contributed by atoms with van der Waals surface area (Å²) in [4.78, 5) is 44.9. The van der Waals surface area contributed by atoms with E-state index in [0.717, 1.165) is 90.1 Å². The first kappa shape index (κ1) is 43.7. The smallest absolute Gasteiger partial charge is 0.240 e. The van der Waals surface area contributed by atoms with Crippen LogP contribution in [0.4, 0.5) is 5.82 Å². The predicted molar refractivity (Wildman–Crippen MR) is 212 cm³/mol. The highest BCUT2D eigenvalue weighted by Crippen LogP contribution is 2.54. The van der Waals surface area contributed by atoms with E-state index in [0.29, 0.717) is 29.2 Å².